The highest BCUT2D eigenvalue weighted by Crippen LogP contribution is 1.90. The van der Waals surface area contributed by atoms with Crippen LogP contribution in [0, 0.1) is 5.21 Å². The van der Waals surface area contributed by atoms with Gasteiger partial charge in [-0.15, -0.1) is 15.9 Å². The number of hydrogen-bond acceptors (Lipinski definition) is 4. The van der Waals surface area contributed by atoms with Crippen LogP contribution in [-0.4, -0.2) is 5.72 Å². The lowest BCUT2D eigenvalue weighted by Crippen LogP contribution is -3.57. The molecule has 0 aliphatic carbocycles. The lowest BCUT2D eigenvalue weighted by molar-refractivity contribution is -1.55. The van der Waals surface area contributed by atoms with E-state index in [0.29, 0.717) is 0 Å². The molecular formula is C3H13N5O2. The van der Waals surface area contributed by atoms with Crippen LogP contribution in [0.15, 0.2) is 0 Å². The van der Waals surface area contributed by atoms with E-state index in [9.17, 15) is 5.21 Å². The Balaban J connectivity index is 3.68. The molecule has 7 heteroatoms. The van der Waals surface area contributed by atoms with Crippen molar-refractivity contribution in [3.63, 3.8) is 0 Å². The van der Waals surface area contributed by atoms with Gasteiger partial charge in [0.15, 0.2) is 5.72 Å². The highest BCUT2D eigenvalue weighted by Gasteiger charge is 2.18. The minimum atomic E-state index is -1.07. The minimum Gasteiger partial charge on any atom is -0.548 e. The maximum atomic E-state index is 10.5. The van der Waals surface area contributed by atoms with Crippen LogP contribution < -0.4 is 22.1 Å². The van der Waals surface area contributed by atoms with E-state index < -0.39 is 16.3 Å². The maximum absolute atomic E-state index is 10.5. The molecule has 0 spiro atoms. The smallest absolute Gasteiger partial charge is 0.177 e. The van der Waals surface area contributed by atoms with E-state index in [1.807, 2.05) is 0 Å². The Morgan fingerprint density at radius 1 is 1.60 bits per heavy atom. The summed E-state index contributed by atoms with van der Waals surface area (Å²) in [6, 6.07) is 0. The molecule has 0 aromatic rings. The first kappa shape index (κ1) is 9.72. The zero-order valence-corrected chi connectivity index (χ0v) is 5.97. The summed E-state index contributed by atoms with van der Waals surface area (Å²) in [6.45, 7) is 2.99. The average molecular weight is 151 g/mol. The highest BCUT2D eigenvalue weighted by atomic mass is 16.9. The molecule has 2 atom stereocenters. The van der Waals surface area contributed by atoms with Crippen molar-refractivity contribution >= 4 is 0 Å². The number of nitrogens with two attached hydrogens (primary N) is 2. The second kappa shape index (κ2) is 3.21. The van der Waals surface area contributed by atoms with E-state index in [1.165, 1.54) is 13.8 Å². The van der Waals surface area contributed by atoms with Crippen LogP contribution in [-0.2, 0) is 4.84 Å². The molecule has 0 radical (unpaired) electrons. The topological polar surface area (TPSA) is 117 Å². The molecule has 0 rings (SSSR count). The number of hydrogen-bond donors (Lipinski definition) is 4. The summed E-state index contributed by atoms with van der Waals surface area (Å²) in [4.78, 5) is 4.49. The molecule has 0 aromatic heterocycles. The molecule has 7 N–H and O–H groups in total. The third-order valence-corrected chi connectivity index (χ3v) is 0.576. The van der Waals surface area contributed by atoms with E-state index in [4.69, 9.17) is 17.4 Å². The van der Waals surface area contributed by atoms with E-state index in [2.05, 4.69) is 4.84 Å². The summed E-state index contributed by atoms with van der Waals surface area (Å²) >= 11 is 0. The van der Waals surface area contributed by atoms with Gasteiger partial charge in [0.05, 0.1) is 0 Å². The monoisotopic (exact) mass is 151 g/mol. The molecule has 0 heterocycles. The van der Waals surface area contributed by atoms with Crippen molar-refractivity contribution in [3.05, 3.63) is 11.0 Å². The van der Waals surface area contributed by atoms with E-state index >= 15 is 0 Å². The molecule has 62 valence electrons. The van der Waals surface area contributed by atoms with Crippen molar-refractivity contribution in [1.29, 1.82) is 0 Å². The molecule has 0 aromatic carbocycles. The summed E-state index contributed by atoms with van der Waals surface area (Å²) in [7, 11) is 0. The molecule has 0 saturated carbocycles. The predicted molar refractivity (Wildman–Crippen MR) is 33.2 cm³/mol. The van der Waals surface area contributed by atoms with Crippen LogP contribution in [0.4, 0.5) is 0 Å². The standard InChI is InChI=1S/C3H13N5O2/c1-3(2,4)10-8(9)7(5)6/h5,7-8H,4,6H2,1-2H3. The van der Waals surface area contributed by atoms with Gasteiger partial charge >= 0.3 is 0 Å². The highest BCUT2D eigenvalue weighted by molar-refractivity contribution is 4.50. The fourth-order valence-corrected chi connectivity index (χ4v) is 0.294. The molecule has 0 amide bonds. The molecule has 7 nitrogen and oxygen atoms in total. The second-order valence-electron chi connectivity index (χ2n) is 2.41. The molecule has 10 heavy (non-hydrogen) atoms. The Hall–Kier alpha value is -0.280. The van der Waals surface area contributed by atoms with Crippen LogP contribution in [0.25, 0.3) is 5.84 Å². The summed E-state index contributed by atoms with van der Waals surface area (Å²) < 4.78 is 0. The molecule has 2 unspecified atom stereocenters. The second-order valence-corrected chi connectivity index (χ2v) is 2.41. The first-order chi connectivity index (χ1) is 4.33. The average Bonchev–Trinajstić information content (AvgIpc) is 1.60. The van der Waals surface area contributed by atoms with Gasteiger partial charge in [-0.3, -0.25) is 5.73 Å². The maximum Gasteiger partial charge on any atom is 0.177 e. The first-order valence-electron chi connectivity index (χ1n) is 2.69. The van der Waals surface area contributed by atoms with Crippen LogP contribution in [0.2, 0.25) is 0 Å². The molecule has 0 bridgehead atoms. The third kappa shape index (κ3) is 4.58. The van der Waals surface area contributed by atoms with E-state index in [0.717, 1.165) is 0 Å². The van der Waals surface area contributed by atoms with Crippen LogP contribution in [0.1, 0.15) is 13.8 Å². The molecule has 0 saturated heterocycles. The molecular weight excluding hydrogens is 138 g/mol. The summed E-state index contributed by atoms with van der Waals surface area (Å²) in [6.07, 6.45) is 0. The Bertz CT molecular complexity index is 99.6. The van der Waals surface area contributed by atoms with Gasteiger partial charge in [-0.2, -0.15) is 0 Å². The lowest BCUT2D eigenvalue weighted by Gasteiger charge is -2.30. The SMILES string of the molecule is CC(C)(N)O[NH+]([O-])[NH+]([NH-])N. The van der Waals surface area contributed by atoms with Gasteiger partial charge in [0.1, 0.15) is 0 Å². The van der Waals surface area contributed by atoms with Gasteiger partial charge in [0.2, 0.25) is 0 Å². The van der Waals surface area contributed by atoms with Gasteiger partial charge in [0.25, 0.3) is 0 Å². The van der Waals surface area contributed by atoms with Gasteiger partial charge in [-0.05, 0) is 13.8 Å². The summed E-state index contributed by atoms with van der Waals surface area (Å²) in [5.41, 5.74) is 4.21. The lowest BCUT2D eigenvalue weighted by atomic mass is 10.3. The van der Waals surface area contributed by atoms with Crippen molar-refractivity contribution in [3.8, 4) is 0 Å². The Labute approximate surface area is 58.7 Å². The molecule has 0 aliphatic heterocycles. The fourth-order valence-electron chi connectivity index (χ4n) is 0.294. The van der Waals surface area contributed by atoms with Crippen molar-refractivity contribution in [1.82, 2.24) is 0 Å². The Morgan fingerprint density at radius 2 is 2.00 bits per heavy atom. The quantitative estimate of drug-likeness (QED) is 0.191. The van der Waals surface area contributed by atoms with Crippen molar-refractivity contribution in [2.45, 2.75) is 19.6 Å². The van der Waals surface area contributed by atoms with E-state index in [-0.39, 0.29) is 0 Å². The van der Waals surface area contributed by atoms with Crippen LogP contribution >= 0.6 is 0 Å². The first-order valence-corrected chi connectivity index (χ1v) is 2.69. The van der Waals surface area contributed by atoms with Crippen molar-refractivity contribution in [2.75, 3.05) is 0 Å². The third-order valence-electron chi connectivity index (χ3n) is 0.576. The minimum absolute atomic E-state index is 0.640. The molecule has 0 fully saturated rings. The van der Waals surface area contributed by atoms with E-state index in [1.54, 1.807) is 0 Å². The van der Waals surface area contributed by atoms with Crippen LogP contribution in [0.3, 0.4) is 0 Å². The number of rotatable bonds is 3. The van der Waals surface area contributed by atoms with Gasteiger partial charge in [-0.25, -0.2) is 0 Å². The van der Waals surface area contributed by atoms with Crippen LogP contribution in [0.5, 0.6) is 0 Å². The van der Waals surface area contributed by atoms with Gasteiger partial charge < -0.3 is 11.0 Å². The predicted octanol–water partition coefficient (Wildman–Crippen LogP) is -3.36. The van der Waals surface area contributed by atoms with Crippen molar-refractivity contribution in [2.24, 2.45) is 11.6 Å². The zero-order chi connectivity index (χ0) is 8.36. The Kier molecular flexibility index (Phi) is 3.12. The largest absolute Gasteiger partial charge is 0.548 e. The molecule has 0 aliphatic rings. The van der Waals surface area contributed by atoms with Gasteiger partial charge in [0, 0.05) is 0 Å². The fraction of sp³-hybridized carbons (Fsp3) is 1.00. The van der Waals surface area contributed by atoms with Gasteiger partial charge in [-0.1, -0.05) is 5.34 Å². The normalized spacial score (nSPS) is 18.6. The summed E-state index contributed by atoms with van der Waals surface area (Å²) in [5.74, 6) is 11.4. The summed E-state index contributed by atoms with van der Waals surface area (Å²) in [5, 5.41) is 8.97. The number of nitrogens with one attached hydrogen (secondary N) is 3. The zero-order valence-electron chi connectivity index (χ0n) is 5.97. The Morgan fingerprint density at radius 3 is 2.10 bits per heavy atom. The van der Waals surface area contributed by atoms with Crippen molar-refractivity contribution < 1.29 is 15.4 Å². The number of quaternary nitrogens is 2.